The lowest BCUT2D eigenvalue weighted by molar-refractivity contribution is -0.136. The second kappa shape index (κ2) is 8.23. The molecule has 152 valence electrons. The maximum Gasteiger partial charge on any atom is 0.228 e. The summed E-state index contributed by atoms with van der Waals surface area (Å²) in [5.41, 5.74) is 2.05. The minimum absolute atomic E-state index is 0.0307. The number of likely N-dealkylation sites (tertiary alicyclic amines) is 1. The van der Waals surface area contributed by atoms with Crippen molar-refractivity contribution in [3.05, 3.63) is 66.0 Å². The fourth-order valence-electron chi connectivity index (χ4n) is 4.28. The minimum Gasteiger partial charge on any atom is -0.368 e. The molecule has 0 N–H and O–H groups in total. The molecule has 2 fully saturated rings. The Morgan fingerprint density at radius 1 is 1.00 bits per heavy atom. The highest BCUT2D eigenvalue weighted by Gasteiger charge is 2.39. The van der Waals surface area contributed by atoms with Crippen molar-refractivity contribution >= 4 is 17.5 Å². The molecule has 0 spiro atoms. The van der Waals surface area contributed by atoms with Crippen LogP contribution in [-0.4, -0.2) is 54.3 Å². The summed E-state index contributed by atoms with van der Waals surface area (Å²) in [6, 6.07) is 16.3. The maximum absolute atomic E-state index is 13.1. The number of hydrogen-bond donors (Lipinski definition) is 0. The molecule has 0 aliphatic carbocycles. The molecule has 0 aromatic heterocycles. The van der Waals surface area contributed by atoms with Crippen LogP contribution in [0.25, 0.3) is 0 Å². The van der Waals surface area contributed by atoms with Gasteiger partial charge in [0.25, 0.3) is 0 Å². The van der Waals surface area contributed by atoms with Crippen molar-refractivity contribution in [3.8, 4) is 0 Å². The topological polar surface area (TPSA) is 43.9 Å². The largest absolute Gasteiger partial charge is 0.368 e. The molecule has 2 aromatic carbocycles. The van der Waals surface area contributed by atoms with Crippen LogP contribution in [0.5, 0.6) is 0 Å². The summed E-state index contributed by atoms with van der Waals surface area (Å²) in [6.45, 7) is 5.15. The molecule has 2 atom stereocenters. The summed E-state index contributed by atoms with van der Waals surface area (Å²) in [5, 5.41) is 0. The number of benzene rings is 2. The maximum atomic E-state index is 13.1. The van der Waals surface area contributed by atoms with Gasteiger partial charge >= 0.3 is 0 Å². The third kappa shape index (κ3) is 4.11. The Morgan fingerprint density at radius 2 is 1.66 bits per heavy atom. The molecule has 0 radical (unpaired) electrons. The lowest BCUT2D eigenvalue weighted by atomic mass is 10.1. The van der Waals surface area contributed by atoms with Gasteiger partial charge in [-0.2, -0.15) is 0 Å². The summed E-state index contributed by atoms with van der Waals surface area (Å²) >= 11 is 0. The van der Waals surface area contributed by atoms with E-state index in [9.17, 15) is 14.0 Å². The van der Waals surface area contributed by atoms with E-state index in [4.69, 9.17) is 0 Å². The molecule has 0 bridgehead atoms. The molecular weight excluding hydrogens is 369 g/mol. The Bertz CT molecular complexity index is 863. The molecule has 6 heteroatoms. The van der Waals surface area contributed by atoms with Gasteiger partial charge in [0, 0.05) is 44.8 Å². The van der Waals surface area contributed by atoms with Crippen LogP contribution < -0.4 is 4.90 Å². The van der Waals surface area contributed by atoms with Gasteiger partial charge in [0.1, 0.15) is 5.82 Å². The SMILES string of the molecule is C[C@@H](c1ccccc1)N1C[C@H](C(=O)N2CCN(c3ccc(F)cc3)CC2)CC1=O. The van der Waals surface area contributed by atoms with E-state index in [0.29, 0.717) is 32.7 Å². The molecule has 4 rings (SSSR count). The summed E-state index contributed by atoms with van der Waals surface area (Å²) in [5.74, 6) is -0.404. The average molecular weight is 395 g/mol. The molecule has 2 heterocycles. The smallest absolute Gasteiger partial charge is 0.228 e. The van der Waals surface area contributed by atoms with E-state index >= 15 is 0 Å². The number of hydrogen-bond acceptors (Lipinski definition) is 3. The van der Waals surface area contributed by atoms with Gasteiger partial charge in [0.2, 0.25) is 11.8 Å². The molecule has 0 unspecified atom stereocenters. The number of rotatable bonds is 4. The van der Waals surface area contributed by atoms with E-state index < -0.39 is 0 Å². The molecular formula is C23H26FN3O2. The second-order valence-electron chi connectivity index (χ2n) is 7.82. The highest BCUT2D eigenvalue weighted by Crippen LogP contribution is 2.29. The van der Waals surface area contributed by atoms with Crippen molar-refractivity contribution in [1.29, 1.82) is 0 Å². The van der Waals surface area contributed by atoms with Crippen LogP contribution >= 0.6 is 0 Å². The number of anilines is 1. The van der Waals surface area contributed by atoms with Gasteiger partial charge in [-0.15, -0.1) is 0 Å². The Morgan fingerprint density at radius 3 is 2.31 bits per heavy atom. The van der Waals surface area contributed by atoms with Crippen molar-refractivity contribution in [1.82, 2.24) is 9.80 Å². The van der Waals surface area contributed by atoms with Crippen molar-refractivity contribution < 1.29 is 14.0 Å². The lowest BCUT2D eigenvalue weighted by Gasteiger charge is -2.37. The van der Waals surface area contributed by atoms with Gasteiger partial charge in [-0.05, 0) is 36.8 Å². The first-order valence-electron chi connectivity index (χ1n) is 10.2. The van der Waals surface area contributed by atoms with E-state index in [-0.39, 0.29) is 36.0 Å². The van der Waals surface area contributed by atoms with Gasteiger partial charge in [0.15, 0.2) is 0 Å². The van der Waals surface area contributed by atoms with E-state index in [1.165, 1.54) is 12.1 Å². The first-order chi connectivity index (χ1) is 14.0. The lowest BCUT2D eigenvalue weighted by Crippen LogP contribution is -2.50. The standard InChI is InChI=1S/C23H26FN3O2/c1-17(18-5-3-2-4-6-18)27-16-19(15-22(27)28)23(29)26-13-11-25(12-14-26)21-9-7-20(24)8-10-21/h2-10,17,19H,11-16H2,1H3/t17-,19+/m0/s1. The summed E-state index contributed by atoms with van der Waals surface area (Å²) in [6.07, 6.45) is 0.286. The third-order valence-corrected chi connectivity index (χ3v) is 6.04. The van der Waals surface area contributed by atoms with Gasteiger partial charge < -0.3 is 14.7 Å². The number of carbonyl (C=O) groups excluding carboxylic acids is 2. The van der Waals surface area contributed by atoms with Crippen LogP contribution in [0.3, 0.4) is 0 Å². The zero-order chi connectivity index (χ0) is 20.4. The summed E-state index contributed by atoms with van der Waals surface area (Å²) < 4.78 is 13.1. The van der Waals surface area contributed by atoms with Crippen LogP contribution in [0.1, 0.15) is 24.9 Å². The molecule has 2 aliphatic heterocycles. The fourth-order valence-corrected chi connectivity index (χ4v) is 4.28. The van der Waals surface area contributed by atoms with Crippen LogP contribution in [0, 0.1) is 11.7 Å². The highest BCUT2D eigenvalue weighted by atomic mass is 19.1. The van der Waals surface area contributed by atoms with Crippen LogP contribution in [0.15, 0.2) is 54.6 Å². The number of carbonyl (C=O) groups is 2. The van der Waals surface area contributed by atoms with Crippen LogP contribution in [-0.2, 0) is 9.59 Å². The average Bonchev–Trinajstić information content (AvgIpc) is 3.15. The first-order valence-corrected chi connectivity index (χ1v) is 10.2. The first kappa shape index (κ1) is 19.4. The number of halogens is 1. The van der Waals surface area contributed by atoms with Crippen molar-refractivity contribution in [2.24, 2.45) is 5.92 Å². The fraction of sp³-hybridized carbons (Fsp3) is 0.391. The number of nitrogens with zero attached hydrogens (tertiary/aromatic N) is 3. The van der Waals surface area contributed by atoms with Crippen LogP contribution in [0.4, 0.5) is 10.1 Å². The Balaban J connectivity index is 1.34. The van der Waals surface area contributed by atoms with Gasteiger partial charge in [-0.1, -0.05) is 30.3 Å². The zero-order valence-corrected chi connectivity index (χ0v) is 16.6. The van der Waals surface area contributed by atoms with Gasteiger partial charge in [-0.25, -0.2) is 4.39 Å². The molecule has 2 aliphatic rings. The number of amides is 2. The predicted molar refractivity (Wildman–Crippen MR) is 110 cm³/mol. The Hall–Kier alpha value is -2.89. The van der Waals surface area contributed by atoms with E-state index in [1.807, 2.05) is 47.1 Å². The molecule has 2 aromatic rings. The molecule has 0 saturated carbocycles. The molecule has 5 nitrogen and oxygen atoms in total. The second-order valence-corrected chi connectivity index (χ2v) is 7.82. The van der Waals surface area contributed by atoms with E-state index in [0.717, 1.165) is 11.3 Å². The molecule has 29 heavy (non-hydrogen) atoms. The van der Waals surface area contributed by atoms with Crippen molar-refractivity contribution in [2.45, 2.75) is 19.4 Å². The monoisotopic (exact) mass is 395 g/mol. The van der Waals surface area contributed by atoms with Gasteiger partial charge in [0.05, 0.1) is 12.0 Å². The molecule has 2 saturated heterocycles. The van der Waals surface area contributed by atoms with Crippen molar-refractivity contribution in [3.63, 3.8) is 0 Å². The predicted octanol–water partition coefficient (Wildman–Crippen LogP) is 3.08. The molecule has 2 amide bonds. The summed E-state index contributed by atoms with van der Waals surface area (Å²) in [7, 11) is 0. The van der Waals surface area contributed by atoms with Crippen LogP contribution in [0.2, 0.25) is 0 Å². The normalized spacial score (nSPS) is 20.8. The Labute approximate surface area is 170 Å². The summed E-state index contributed by atoms with van der Waals surface area (Å²) in [4.78, 5) is 31.4. The quantitative estimate of drug-likeness (QED) is 0.799. The van der Waals surface area contributed by atoms with E-state index in [1.54, 1.807) is 12.1 Å². The number of piperazine rings is 1. The van der Waals surface area contributed by atoms with Gasteiger partial charge in [-0.3, -0.25) is 9.59 Å². The highest BCUT2D eigenvalue weighted by molar-refractivity contribution is 5.89. The third-order valence-electron chi connectivity index (χ3n) is 6.04. The van der Waals surface area contributed by atoms with Crippen molar-refractivity contribution in [2.75, 3.05) is 37.6 Å². The Kier molecular flexibility index (Phi) is 5.51. The zero-order valence-electron chi connectivity index (χ0n) is 16.6. The minimum atomic E-state index is -0.272. The van der Waals surface area contributed by atoms with E-state index in [2.05, 4.69) is 4.90 Å².